The highest BCUT2D eigenvalue weighted by atomic mass is 19.1. The average molecular weight is 304 g/mol. The van der Waals surface area contributed by atoms with Crippen molar-refractivity contribution in [2.75, 3.05) is 25.5 Å². The van der Waals surface area contributed by atoms with E-state index in [1.165, 1.54) is 12.1 Å². The maximum atomic E-state index is 13.6. The molecule has 3 nitrogen and oxygen atoms in total. The number of carbonyl (C=O) groups excluding carboxylic acids is 1. The summed E-state index contributed by atoms with van der Waals surface area (Å²) in [6.07, 6.45) is 0. The van der Waals surface area contributed by atoms with E-state index < -0.39 is 11.6 Å². The summed E-state index contributed by atoms with van der Waals surface area (Å²) >= 11 is 0. The van der Waals surface area contributed by atoms with Crippen LogP contribution in [0.2, 0.25) is 0 Å². The zero-order valence-corrected chi connectivity index (χ0v) is 12.6. The number of carbonyl (C=O) groups is 1. The van der Waals surface area contributed by atoms with Gasteiger partial charge >= 0.3 is 0 Å². The van der Waals surface area contributed by atoms with Crippen molar-refractivity contribution >= 4 is 11.6 Å². The highest BCUT2D eigenvalue weighted by Gasteiger charge is 2.14. The first-order valence-corrected chi connectivity index (χ1v) is 6.91. The molecular formula is C17H18F2N2O. The van der Waals surface area contributed by atoms with E-state index in [2.05, 4.69) is 0 Å². The molecule has 0 saturated heterocycles. The Labute approximate surface area is 128 Å². The molecule has 0 unspecified atom stereocenters. The minimum absolute atomic E-state index is 0.101. The number of rotatable bonds is 5. The van der Waals surface area contributed by atoms with Gasteiger partial charge in [0.25, 0.3) is 0 Å². The maximum Gasteiger partial charge on any atom is 0.240 e. The lowest BCUT2D eigenvalue weighted by Gasteiger charge is -2.22. The van der Waals surface area contributed by atoms with Gasteiger partial charge in [0.1, 0.15) is 11.6 Å². The Balaban J connectivity index is 1.96. The first-order chi connectivity index (χ1) is 10.5. The number of hydrogen-bond acceptors (Lipinski definition) is 2. The van der Waals surface area contributed by atoms with Crippen molar-refractivity contribution in [1.82, 2.24) is 4.90 Å². The van der Waals surface area contributed by atoms with Crippen molar-refractivity contribution in [3.05, 3.63) is 65.7 Å². The van der Waals surface area contributed by atoms with Crippen LogP contribution in [0.5, 0.6) is 0 Å². The van der Waals surface area contributed by atoms with Crippen LogP contribution in [0, 0.1) is 11.6 Å². The third kappa shape index (κ3) is 4.11. The van der Waals surface area contributed by atoms with Crippen LogP contribution in [-0.2, 0) is 11.3 Å². The highest BCUT2D eigenvalue weighted by molar-refractivity contribution is 5.94. The molecule has 2 aromatic carbocycles. The molecule has 2 rings (SSSR count). The van der Waals surface area contributed by atoms with Gasteiger partial charge in [0.05, 0.1) is 6.54 Å². The van der Waals surface area contributed by atoms with E-state index in [-0.39, 0.29) is 19.0 Å². The molecule has 116 valence electrons. The number of benzene rings is 2. The maximum absolute atomic E-state index is 13.6. The van der Waals surface area contributed by atoms with Crippen LogP contribution >= 0.6 is 0 Å². The smallest absolute Gasteiger partial charge is 0.240 e. The molecule has 0 aromatic heterocycles. The van der Waals surface area contributed by atoms with Crippen molar-refractivity contribution in [3.63, 3.8) is 0 Å². The number of halogens is 2. The predicted octanol–water partition coefficient (Wildman–Crippen LogP) is 3.06. The molecule has 0 radical (unpaired) electrons. The van der Waals surface area contributed by atoms with E-state index in [1.54, 1.807) is 23.9 Å². The minimum atomic E-state index is -0.608. The van der Waals surface area contributed by atoms with Crippen molar-refractivity contribution in [2.24, 2.45) is 0 Å². The Morgan fingerprint density at radius 2 is 1.73 bits per heavy atom. The van der Waals surface area contributed by atoms with Crippen molar-refractivity contribution in [2.45, 2.75) is 6.54 Å². The molecule has 0 fully saturated rings. The van der Waals surface area contributed by atoms with Gasteiger partial charge in [0.2, 0.25) is 5.91 Å². The van der Waals surface area contributed by atoms with Crippen LogP contribution in [0.1, 0.15) is 5.56 Å². The quantitative estimate of drug-likeness (QED) is 0.847. The summed E-state index contributed by atoms with van der Waals surface area (Å²) in [6.45, 7) is 0.378. The Bertz CT molecular complexity index is 646. The molecule has 0 spiro atoms. The summed E-state index contributed by atoms with van der Waals surface area (Å²) in [4.78, 5) is 15.5. The van der Waals surface area contributed by atoms with Gasteiger partial charge in [-0.25, -0.2) is 8.78 Å². The van der Waals surface area contributed by atoms with E-state index in [4.69, 9.17) is 0 Å². The predicted molar refractivity (Wildman–Crippen MR) is 82.5 cm³/mol. The topological polar surface area (TPSA) is 23.6 Å². The molecule has 22 heavy (non-hydrogen) atoms. The molecule has 2 aromatic rings. The highest BCUT2D eigenvalue weighted by Crippen LogP contribution is 2.13. The fraction of sp³-hybridized carbons (Fsp3) is 0.235. The van der Waals surface area contributed by atoms with E-state index in [1.807, 2.05) is 30.3 Å². The Morgan fingerprint density at radius 1 is 1.05 bits per heavy atom. The van der Waals surface area contributed by atoms with E-state index >= 15 is 0 Å². The zero-order chi connectivity index (χ0) is 16.1. The lowest BCUT2D eigenvalue weighted by atomic mass is 10.2. The summed E-state index contributed by atoms with van der Waals surface area (Å²) in [6, 6.07) is 12.7. The normalized spacial score (nSPS) is 10.8. The number of likely N-dealkylation sites (N-methyl/N-ethyl adjacent to an activating group) is 2. The number of nitrogens with zero attached hydrogens (tertiary/aromatic N) is 2. The molecule has 0 N–H and O–H groups in total. The molecule has 0 aliphatic carbocycles. The van der Waals surface area contributed by atoms with Crippen LogP contribution in [-0.4, -0.2) is 31.4 Å². The van der Waals surface area contributed by atoms with Gasteiger partial charge in [-0.1, -0.05) is 24.3 Å². The van der Waals surface area contributed by atoms with Gasteiger partial charge in [-0.3, -0.25) is 9.69 Å². The molecule has 0 aliphatic heterocycles. The van der Waals surface area contributed by atoms with Crippen LogP contribution in [0.15, 0.2) is 48.5 Å². The third-order valence-electron chi connectivity index (χ3n) is 3.38. The Kier molecular flexibility index (Phi) is 5.22. The Hall–Kier alpha value is -2.27. The summed E-state index contributed by atoms with van der Waals surface area (Å²) < 4.78 is 26.5. The lowest BCUT2D eigenvalue weighted by Crippen LogP contribution is -2.36. The molecule has 0 saturated carbocycles. The standard InChI is InChI=1S/C17H18F2N2O/c1-20(11-13-8-9-14(18)10-16(13)19)12-17(22)21(2)15-6-4-3-5-7-15/h3-10H,11-12H2,1-2H3. The van der Waals surface area contributed by atoms with Crippen LogP contribution < -0.4 is 4.90 Å². The molecule has 5 heteroatoms. The molecule has 0 aliphatic rings. The molecule has 0 heterocycles. The van der Waals surface area contributed by atoms with Gasteiger partial charge in [0.15, 0.2) is 0 Å². The van der Waals surface area contributed by atoms with Gasteiger partial charge in [0, 0.05) is 30.9 Å². The monoisotopic (exact) mass is 304 g/mol. The number of anilines is 1. The minimum Gasteiger partial charge on any atom is -0.314 e. The summed E-state index contributed by atoms with van der Waals surface area (Å²) in [5, 5.41) is 0. The first-order valence-electron chi connectivity index (χ1n) is 6.91. The fourth-order valence-electron chi connectivity index (χ4n) is 2.13. The second kappa shape index (κ2) is 7.13. The first kappa shape index (κ1) is 16.1. The number of hydrogen-bond donors (Lipinski definition) is 0. The molecular weight excluding hydrogens is 286 g/mol. The summed E-state index contributed by atoms with van der Waals surface area (Å²) in [5.41, 5.74) is 1.16. The van der Waals surface area contributed by atoms with Crippen molar-refractivity contribution in [1.29, 1.82) is 0 Å². The van der Waals surface area contributed by atoms with Crippen LogP contribution in [0.3, 0.4) is 0 Å². The zero-order valence-electron chi connectivity index (χ0n) is 12.6. The van der Waals surface area contributed by atoms with Gasteiger partial charge < -0.3 is 4.90 Å². The number of amides is 1. The largest absolute Gasteiger partial charge is 0.314 e. The SMILES string of the molecule is CN(CC(=O)N(C)c1ccccc1)Cc1ccc(F)cc1F. The molecule has 0 bridgehead atoms. The van der Waals surface area contributed by atoms with Crippen molar-refractivity contribution in [3.8, 4) is 0 Å². The van der Waals surface area contributed by atoms with Crippen LogP contribution in [0.4, 0.5) is 14.5 Å². The van der Waals surface area contributed by atoms with Gasteiger partial charge in [-0.05, 0) is 25.2 Å². The Morgan fingerprint density at radius 3 is 2.36 bits per heavy atom. The third-order valence-corrected chi connectivity index (χ3v) is 3.38. The van der Waals surface area contributed by atoms with E-state index in [9.17, 15) is 13.6 Å². The van der Waals surface area contributed by atoms with Gasteiger partial charge in [-0.2, -0.15) is 0 Å². The molecule has 1 amide bonds. The molecule has 0 atom stereocenters. The summed E-state index contributed by atoms with van der Waals surface area (Å²) in [7, 11) is 3.42. The van der Waals surface area contributed by atoms with E-state index in [0.29, 0.717) is 5.56 Å². The van der Waals surface area contributed by atoms with Gasteiger partial charge in [-0.15, -0.1) is 0 Å². The van der Waals surface area contributed by atoms with Crippen molar-refractivity contribution < 1.29 is 13.6 Å². The second-order valence-corrected chi connectivity index (χ2v) is 5.20. The second-order valence-electron chi connectivity index (χ2n) is 5.20. The summed E-state index contributed by atoms with van der Waals surface area (Å²) in [5.74, 6) is -1.31. The number of para-hydroxylation sites is 1. The average Bonchev–Trinajstić information content (AvgIpc) is 2.50. The van der Waals surface area contributed by atoms with Crippen LogP contribution in [0.25, 0.3) is 0 Å². The lowest BCUT2D eigenvalue weighted by molar-refractivity contribution is -0.119. The van der Waals surface area contributed by atoms with E-state index in [0.717, 1.165) is 11.8 Å². The fourth-order valence-corrected chi connectivity index (χ4v) is 2.13.